The lowest BCUT2D eigenvalue weighted by atomic mass is 9.86. The lowest BCUT2D eigenvalue weighted by molar-refractivity contribution is -0.144. The maximum absolute atomic E-state index is 13.5. The first-order valence-electron chi connectivity index (χ1n) is 10.8. The number of amides is 3. The van der Waals surface area contributed by atoms with Gasteiger partial charge in [-0.05, 0) is 29.1 Å². The maximum atomic E-state index is 13.5. The minimum absolute atomic E-state index is 0.0810. The molecule has 11 heteroatoms. The highest BCUT2D eigenvalue weighted by Gasteiger charge is 2.69. The Balaban J connectivity index is 2.35. The number of likely N-dealkylation sites (tertiary alicyclic amines) is 1. The lowest BCUT2D eigenvalue weighted by Gasteiger charge is -2.37. The van der Waals surface area contributed by atoms with E-state index in [1.165, 1.54) is 4.90 Å². The first-order valence-corrected chi connectivity index (χ1v) is 12.7. The van der Waals surface area contributed by atoms with Gasteiger partial charge in [-0.3, -0.25) is 19.2 Å². The third-order valence-corrected chi connectivity index (χ3v) is 7.32. The Morgan fingerprint density at radius 3 is 2.19 bits per heavy atom. The van der Waals surface area contributed by atoms with Crippen molar-refractivity contribution in [1.29, 1.82) is 0 Å². The van der Waals surface area contributed by atoms with Gasteiger partial charge in [0.1, 0.15) is 12.1 Å². The van der Waals surface area contributed by atoms with E-state index in [-0.39, 0.29) is 23.7 Å². The van der Waals surface area contributed by atoms with Crippen LogP contribution in [0.2, 0.25) is 0 Å². The summed E-state index contributed by atoms with van der Waals surface area (Å²) in [5, 5.41) is 2.62. The van der Waals surface area contributed by atoms with E-state index in [1.54, 1.807) is 20.8 Å². The van der Waals surface area contributed by atoms with Gasteiger partial charge in [-0.25, -0.2) is 13.1 Å². The van der Waals surface area contributed by atoms with Crippen LogP contribution in [0.15, 0.2) is 0 Å². The molecule has 0 bridgehead atoms. The number of hydrogen-bond acceptors (Lipinski definition) is 6. The fourth-order valence-corrected chi connectivity index (χ4v) is 5.66. The van der Waals surface area contributed by atoms with Crippen LogP contribution in [0.25, 0.3) is 0 Å². The van der Waals surface area contributed by atoms with Crippen LogP contribution in [0.4, 0.5) is 0 Å². The van der Waals surface area contributed by atoms with Crippen LogP contribution >= 0.6 is 0 Å². The summed E-state index contributed by atoms with van der Waals surface area (Å²) < 4.78 is 26.2. The Morgan fingerprint density at radius 2 is 1.75 bits per heavy atom. The summed E-state index contributed by atoms with van der Waals surface area (Å²) in [5.41, 5.74) is 4.22. The van der Waals surface area contributed by atoms with Crippen molar-refractivity contribution in [2.45, 2.75) is 72.5 Å². The Morgan fingerprint density at radius 1 is 1.19 bits per heavy atom. The van der Waals surface area contributed by atoms with Crippen LogP contribution in [0.5, 0.6) is 0 Å². The number of hydrogen-bond donors (Lipinski definition) is 3. The van der Waals surface area contributed by atoms with Crippen molar-refractivity contribution in [2.24, 2.45) is 28.4 Å². The molecule has 2 fully saturated rings. The SMILES string of the molecule is CCCC(NC(=O)[C@@H]1[C@@H]2[C@H](CN1C(=O)[C@@H](NS(C)(=O)=O)C(C)(C)C)C2(C)C)C(=O)C(N)=O. The number of fused-ring (bicyclic) bond motifs is 1. The number of carbonyl (C=O) groups is 4. The molecule has 10 nitrogen and oxygen atoms in total. The van der Waals surface area contributed by atoms with Crippen molar-refractivity contribution < 1.29 is 27.6 Å². The highest BCUT2D eigenvalue weighted by molar-refractivity contribution is 7.88. The Hall–Kier alpha value is -2.01. The maximum Gasteiger partial charge on any atom is 0.287 e. The van der Waals surface area contributed by atoms with E-state index in [2.05, 4.69) is 10.0 Å². The molecule has 1 aliphatic carbocycles. The van der Waals surface area contributed by atoms with Gasteiger partial charge in [0.05, 0.1) is 12.3 Å². The Bertz CT molecular complexity index is 908. The molecule has 1 heterocycles. The molecule has 1 unspecified atom stereocenters. The van der Waals surface area contributed by atoms with Crippen LogP contribution in [-0.2, 0) is 29.2 Å². The van der Waals surface area contributed by atoms with Crippen LogP contribution in [0, 0.1) is 22.7 Å². The molecule has 3 amide bonds. The van der Waals surface area contributed by atoms with Crippen molar-refractivity contribution >= 4 is 33.5 Å². The van der Waals surface area contributed by atoms with Crippen molar-refractivity contribution in [1.82, 2.24) is 14.9 Å². The largest absolute Gasteiger partial charge is 0.363 e. The molecule has 0 radical (unpaired) electrons. The summed E-state index contributed by atoms with van der Waals surface area (Å²) in [4.78, 5) is 51.8. The Kier molecular flexibility index (Phi) is 7.16. The van der Waals surface area contributed by atoms with Crippen LogP contribution in [0.3, 0.4) is 0 Å². The lowest BCUT2D eigenvalue weighted by Crippen LogP contribution is -2.60. The standard InChI is InChI=1S/C21H36N4O6S/c1-8-9-12(15(26)17(22)27)23-18(28)14-13-11(21(13,5)6)10-25(14)19(29)16(20(2,3)4)24-32(7,30)31/h11-14,16,24H,8-10H2,1-7H3,(H2,22,27)(H,23,28)/t11-,12?,13-,14-,16+/m0/s1. The fraction of sp³-hybridized carbons (Fsp3) is 0.810. The topological polar surface area (TPSA) is 156 Å². The molecular formula is C21H36N4O6S. The summed E-state index contributed by atoms with van der Waals surface area (Å²) in [5.74, 6) is -3.07. The minimum Gasteiger partial charge on any atom is -0.363 e. The van der Waals surface area contributed by atoms with Gasteiger partial charge in [-0.1, -0.05) is 48.0 Å². The van der Waals surface area contributed by atoms with Crippen molar-refractivity contribution in [3.63, 3.8) is 0 Å². The average Bonchev–Trinajstić information content (AvgIpc) is 2.99. The van der Waals surface area contributed by atoms with Gasteiger partial charge in [0.25, 0.3) is 5.91 Å². The average molecular weight is 473 g/mol. The van der Waals surface area contributed by atoms with Gasteiger partial charge in [0, 0.05) is 6.54 Å². The highest BCUT2D eigenvalue weighted by atomic mass is 32.2. The van der Waals surface area contributed by atoms with Gasteiger partial charge in [-0.2, -0.15) is 0 Å². The second-order valence-corrected chi connectivity index (χ2v) is 12.4. The monoisotopic (exact) mass is 472 g/mol. The molecule has 1 saturated carbocycles. The predicted molar refractivity (Wildman–Crippen MR) is 119 cm³/mol. The summed E-state index contributed by atoms with van der Waals surface area (Å²) in [6, 6.07) is -2.99. The smallest absolute Gasteiger partial charge is 0.287 e. The second-order valence-electron chi connectivity index (χ2n) is 10.7. The van der Waals surface area contributed by atoms with E-state index in [0.717, 1.165) is 6.26 Å². The van der Waals surface area contributed by atoms with Crippen molar-refractivity contribution in [3.8, 4) is 0 Å². The second kappa shape index (κ2) is 8.74. The molecule has 2 aliphatic rings. The van der Waals surface area contributed by atoms with Gasteiger partial charge in [0.2, 0.25) is 27.6 Å². The summed E-state index contributed by atoms with van der Waals surface area (Å²) in [6.45, 7) is 11.4. The zero-order valence-electron chi connectivity index (χ0n) is 19.9. The normalized spacial score (nSPS) is 26.1. The van der Waals surface area contributed by atoms with E-state index in [4.69, 9.17) is 5.73 Å². The molecule has 0 aromatic rings. The number of primary amides is 1. The van der Waals surface area contributed by atoms with E-state index in [1.807, 2.05) is 20.8 Å². The molecule has 4 N–H and O–H groups in total. The van der Waals surface area contributed by atoms with E-state index < -0.39 is 57.1 Å². The van der Waals surface area contributed by atoms with Gasteiger partial charge in [-0.15, -0.1) is 0 Å². The van der Waals surface area contributed by atoms with E-state index in [0.29, 0.717) is 13.0 Å². The van der Waals surface area contributed by atoms with Gasteiger partial charge >= 0.3 is 0 Å². The number of Topliss-reactive ketones (excluding diaryl/α,β-unsaturated/α-hetero) is 1. The predicted octanol–water partition coefficient (Wildman–Crippen LogP) is -0.227. The first kappa shape index (κ1) is 26.2. The zero-order chi connectivity index (χ0) is 24.8. The molecule has 1 saturated heterocycles. The zero-order valence-corrected chi connectivity index (χ0v) is 20.7. The van der Waals surface area contributed by atoms with Crippen molar-refractivity contribution in [2.75, 3.05) is 12.8 Å². The third kappa shape index (κ3) is 5.31. The first-order chi connectivity index (χ1) is 14.4. The number of carbonyl (C=O) groups excluding carboxylic acids is 4. The molecule has 1 aliphatic heterocycles. The van der Waals surface area contributed by atoms with Crippen LogP contribution in [-0.4, -0.2) is 67.7 Å². The summed E-state index contributed by atoms with van der Waals surface area (Å²) in [7, 11) is -3.69. The molecular weight excluding hydrogens is 436 g/mol. The number of nitrogens with two attached hydrogens (primary N) is 1. The number of piperidine rings is 1. The van der Waals surface area contributed by atoms with Crippen molar-refractivity contribution in [3.05, 3.63) is 0 Å². The van der Waals surface area contributed by atoms with Crippen LogP contribution in [0.1, 0.15) is 54.4 Å². The number of nitrogens with one attached hydrogen (secondary N) is 2. The summed E-state index contributed by atoms with van der Waals surface area (Å²) in [6.07, 6.45) is 1.77. The van der Waals surface area contributed by atoms with Gasteiger partial charge < -0.3 is 16.0 Å². The highest BCUT2D eigenvalue weighted by Crippen LogP contribution is 2.65. The van der Waals surface area contributed by atoms with E-state index >= 15 is 0 Å². The molecule has 0 aromatic carbocycles. The number of nitrogens with zero attached hydrogens (tertiary/aromatic N) is 1. The third-order valence-electron chi connectivity index (χ3n) is 6.66. The molecule has 5 atom stereocenters. The van der Waals surface area contributed by atoms with Crippen LogP contribution < -0.4 is 15.8 Å². The van der Waals surface area contributed by atoms with Gasteiger partial charge in [0.15, 0.2) is 0 Å². The number of rotatable bonds is 9. The molecule has 0 aromatic heterocycles. The number of sulfonamides is 1. The minimum atomic E-state index is -3.69. The molecule has 182 valence electrons. The molecule has 2 rings (SSSR count). The molecule has 0 spiro atoms. The number of ketones is 1. The summed E-state index contributed by atoms with van der Waals surface area (Å²) >= 11 is 0. The van der Waals surface area contributed by atoms with E-state index in [9.17, 15) is 27.6 Å². The molecule has 32 heavy (non-hydrogen) atoms. The fourth-order valence-electron chi connectivity index (χ4n) is 4.78. The Labute approximate surface area is 190 Å². The quantitative estimate of drug-likeness (QED) is 0.394.